The Kier molecular flexibility index (Phi) is 2.80. The topological polar surface area (TPSA) is 116 Å². The van der Waals surface area contributed by atoms with E-state index in [9.17, 15) is 24.8 Å². The van der Waals surface area contributed by atoms with Crippen LogP contribution < -0.4 is 5.11 Å². The smallest absolute Gasteiger partial charge is 0.270 e. The first-order chi connectivity index (χ1) is 12.4. The lowest BCUT2D eigenvalue weighted by atomic mass is 9.85. The van der Waals surface area contributed by atoms with Crippen LogP contribution in [0, 0.1) is 39.2 Å². The first-order valence-corrected chi connectivity index (χ1v) is 8.50. The third-order valence-corrected chi connectivity index (χ3v) is 6.35. The molecule has 2 bridgehead atoms. The molecular weight excluding hydrogens is 338 g/mol. The first kappa shape index (κ1) is 15.2. The Balaban J connectivity index is 1.44. The predicted octanol–water partition coefficient (Wildman–Crippen LogP) is 1.20. The van der Waals surface area contributed by atoms with E-state index in [-0.39, 0.29) is 52.2 Å². The molecule has 1 aliphatic heterocycles. The van der Waals surface area contributed by atoms with Crippen molar-refractivity contribution < 1.29 is 19.6 Å². The number of fused-ring (bicyclic) bond motifs is 3. The maximum atomic E-state index is 12.8. The molecule has 132 valence electrons. The number of nitro groups is 1. The zero-order chi connectivity index (χ0) is 18.2. The van der Waals surface area contributed by atoms with Gasteiger partial charge in [0.15, 0.2) is 0 Å². The number of imide groups is 1. The van der Waals surface area contributed by atoms with Crippen molar-refractivity contribution in [3.05, 3.63) is 46.0 Å². The van der Waals surface area contributed by atoms with Crippen molar-refractivity contribution in [1.82, 2.24) is 5.01 Å². The van der Waals surface area contributed by atoms with E-state index < -0.39 is 10.7 Å². The summed E-state index contributed by atoms with van der Waals surface area (Å²) in [5.41, 5.74) is -0.171. The predicted molar refractivity (Wildman–Crippen MR) is 86.8 cm³/mol. The zero-order valence-corrected chi connectivity index (χ0v) is 13.6. The van der Waals surface area contributed by atoms with Crippen LogP contribution in [0.5, 0.6) is 5.75 Å². The van der Waals surface area contributed by atoms with Gasteiger partial charge >= 0.3 is 0 Å². The summed E-state index contributed by atoms with van der Waals surface area (Å²) >= 11 is 0. The summed E-state index contributed by atoms with van der Waals surface area (Å²) in [5.74, 6) is -1.67. The molecule has 1 saturated heterocycles. The van der Waals surface area contributed by atoms with Gasteiger partial charge < -0.3 is 5.11 Å². The van der Waals surface area contributed by atoms with E-state index in [0.717, 1.165) is 42.3 Å². The number of hydrogen-bond donors (Lipinski definition) is 0. The molecule has 1 heterocycles. The number of carbonyl (C=O) groups is 2. The number of carbonyl (C=O) groups excluding carboxylic acids is 2. The third kappa shape index (κ3) is 1.76. The summed E-state index contributed by atoms with van der Waals surface area (Å²) < 4.78 is 0. The molecule has 1 spiro atoms. The van der Waals surface area contributed by atoms with Gasteiger partial charge in [0.25, 0.3) is 17.5 Å². The van der Waals surface area contributed by atoms with Gasteiger partial charge in [-0.1, -0.05) is 24.0 Å². The van der Waals surface area contributed by atoms with Crippen molar-refractivity contribution in [2.45, 2.75) is 12.8 Å². The largest absolute Gasteiger partial charge is 0.872 e. The van der Waals surface area contributed by atoms with Gasteiger partial charge in [-0.15, -0.1) is 0 Å². The quantitative estimate of drug-likeness (QED) is 0.266. The summed E-state index contributed by atoms with van der Waals surface area (Å²) in [6.45, 7) is 0. The second-order valence-electron chi connectivity index (χ2n) is 7.43. The molecule has 1 aromatic carbocycles. The molecule has 2 amide bonds. The van der Waals surface area contributed by atoms with Crippen LogP contribution in [0.4, 0.5) is 5.69 Å². The van der Waals surface area contributed by atoms with Gasteiger partial charge in [0.1, 0.15) is 0 Å². The SMILES string of the molecule is O=C1[C@@H]2[C@H](C(=O)N1/N=C\c1cc([N+](=O)[O-])ccc1[O-])[C@@H]1C=C[C@H]2C12CC2. The van der Waals surface area contributed by atoms with Gasteiger partial charge in [-0.2, -0.15) is 10.1 Å². The zero-order valence-electron chi connectivity index (χ0n) is 13.6. The standard InChI is InChI=1S/C18H15N3O5/c22-13-4-1-10(21(25)26)7-9(13)8-19-20-16(23)14-11-2-3-12(15(14)17(20)24)18(11)5-6-18/h1-4,7-8,11-12,14-15,22H,5-6H2/p-1/b19-8-/t11-,12+,14+,15-. The Bertz CT molecular complexity index is 899. The Hall–Kier alpha value is -3.03. The van der Waals surface area contributed by atoms with Crippen LogP contribution >= 0.6 is 0 Å². The monoisotopic (exact) mass is 352 g/mol. The average Bonchev–Trinajstić information content (AvgIpc) is 3.21. The summed E-state index contributed by atoms with van der Waals surface area (Å²) in [6, 6.07) is 3.26. The fraction of sp³-hybridized carbons (Fsp3) is 0.389. The van der Waals surface area contributed by atoms with Crippen molar-refractivity contribution in [1.29, 1.82) is 0 Å². The van der Waals surface area contributed by atoms with Crippen LogP contribution in [0.15, 0.2) is 35.5 Å². The van der Waals surface area contributed by atoms with Crippen molar-refractivity contribution in [2.24, 2.45) is 34.2 Å². The Morgan fingerprint density at radius 1 is 1.15 bits per heavy atom. The van der Waals surface area contributed by atoms with Crippen LogP contribution in [0.3, 0.4) is 0 Å². The minimum atomic E-state index is -0.619. The van der Waals surface area contributed by atoms with Gasteiger partial charge in [0.2, 0.25) is 0 Å². The maximum Gasteiger partial charge on any atom is 0.270 e. The summed E-state index contributed by atoms with van der Waals surface area (Å²) in [6.07, 6.45) is 7.30. The van der Waals surface area contributed by atoms with E-state index in [2.05, 4.69) is 17.3 Å². The van der Waals surface area contributed by atoms with E-state index >= 15 is 0 Å². The lowest BCUT2D eigenvalue weighted by Gasteiger charge is -2.18. The minimum absolute atomic E-state index is 0.0309. The number of benzene rings is 1. The van der Waals surface area contributed by atoms with E-state index in [1.54, 1.807) is 0 Å². The molecule has 4 atom stereocenters. The fourth-order valence-electron chi connectivity index (χ4n) is 5.05. The van der Waals surface area contributed by atoms with Crippen molar-refractivity contribution in [3.63, 3.8) is 0 Å². The Labute approximate surface area is 147 Å². The minimum Gasteiger partial charge on any atom is -0.872 e. The molecule has 4 aliphatic rings. The second-order valence-corrected chi connectivity index (χ2v) is 7.43. The number of amides is 2. The summed E-state index contributed by atoms with van der Waals surface area (Å²) in [7, 11) is 0. The van der Waals surface area contributed by atoms with E-state index in [1.807, 2.05) is 0 Å². The van der Waals surface area contributed by atoms with Gasteiger partial charge in [0, 0.05) is 12.1 Å². The molecule has 0 unspecified atom stereocenters. The molecule has 5 rings (SSSR count). The first-order valence-electron chi connectivity index (χ1n) is 8.50. The Morgan fingerprint density at radius 2 is 1.77 bits per heavy atom. The number of rotatable bonds is 3. The van der Waals surface area contributed by atoms with Crippen LogP contribution in [-0.2, 0) is 9.59 Å². The van der Waals surface area contributed by atoms with Gasteiger partial charge in [-0.3, -0.25) is 19.7 Å². The van der Waals surface area contributed by atoms with Gasteiger partial charge in [-0.25, -0.2) is 0 Å². The van der Waals surface area contributed by atoms with Crippen molar-refractivity contribution >= 4 is 23.7 Å². The molecule has 2 saturated carbocycles. The molecule has 0 N–H and O–H groups in total. The van der Waals surface area contributed by atoms with Gasteiger partial charge in [-0.05, 0) is 35.7 Å². The highest BCUT2D eigenvalue weighted by molar-refractivity contribution is 6.07. The maximum absolute atomic E-state index is 12.8. The number of nitro benzene ring substituents is 1. The highest BCUT2D eigenvalue weighted by atomic mass is 16.6. The summed E-state index contributed by atoms with van der Waals surface area (Å²) in [4.78, 5) is 35.7. The highest BCUT2D eigenvalue weighted by Crippen LogP contribution is 2.73. The second kappa shape index (κ2) is 4.78. The molecule has 0 aromatic heterocycles. The fourth-order valence-corrected chi connectivity index (χ4v) is 5.05. The molecule has 26 heavy (non-hydrogen) atoms. The lowest BCUT2D eigenvalue weighted by molar-refractivity contribution is -0.385. The van der Waals surface area contributed by atoms with Crippen molar-refractivity contribution in [2.75, 3.05) is 0 Å². The average molecular weight is 352 g/mol. The molecule has 1 aromatic rings. The molecule has 3 aliphatic carbocycles. The number of hydrogen-bond acceptors (Lipinski definition) is 6. The van der Waals surface area contributed by atoms with Gasteiger partial charge in [0.05, 0.1) is 23.0 Å². The van der Waals surface area contributed by atoms with Crippen LogP contribution in [0.25, 0.3) is 0 Å². The molecule has 3 fully saturated rings. The van der Waals surface area contributed by atoms with Crippen LogP contribution in [-0.4, -0.2) is 28.0 Å². The molecule has 8 nitrogen and oxygen atoms in total. The summed E-state index contributed by atoms with van der Waals surface area (Å²) in [5, 5.41) is 27.5. The molecule has 0 radical (unpaired) electrons. The number of hydrazone groups is 1. The van der Waals surface area contributed by atoms with Crippen molar-refractivity contribution in [3.8, 4) is 5.75 Å². The Morgan fingerprint density at radius 3 is 2.31 bits per heavy atom. The van der Waals surface area contributed by atoms with E-state index in [0.29, 0.717) is 0 Å². The highest BCUT2D eigenvalue weighted by Gasteiger charge is 2.73. The van der Waals surface area contributed by atoms with Crippen LogP contribution in [0.1, 0.15) is 18.4 Å². The number of allylic oxidation sites excluding steroid dienone is 2. The number of nitrogens with zero attached hydrogens (tertiary/aromatic N) is 3. The van der Waals surface area contributed by atoms with E-state index in [4.69, 9.17) is 0 Å². The third-order valence-electron chi connectivity index (χ3n) is 6.35. The van der Waals surface area contributed by atoms with Crippen LogP contribution in [0.2, 0.25) is 0 Å². The molecular formula is C18H14N3O5-. The number of non-ortho nitro benzene ring substituents is 1. The molecule has 8 heteroatoms. The van der Waals surface area contributed by atoms with E-state index in [1.165, 1.54) is 0 Å². The normalized spacial score (nSPS) is 32.8. The lowest BCUT2D eigenvalue weighted by Crippen LogP contribution is -2.30.